The van der Waals surface area contributed by atoms with Crippen molar-refractivity contribution in [1.29, 1.82) is 5.26 Å². The SMILES string of the molecule is CCN1CCN(c2nn(-c3ccccc3C(F)(F)F)nc2C#N)CC1. The van der Waals surface area contributed by atoms with Crippen molar-refractivity contribution in [2.45, 2.75) is 13.1 Å². The lowest BCUT2D eigenvalue weighted by Crippen LogP contribution is -2.46. The van der Waals surface area contributed by atoms with Gasteiger partial charge in [0, 0.05) is 26.2 Å². The minimum atomic E-state index is -4.52. The van der Waals surface area contributed by atoms with E-state index in [0.29, 0.717) is 18.9 Å². The van der Waals surface area contributed by atoms with E-state index in [1.54, 1.807) is 0 Å². The van der Waals surface area contributed by atoms with Crippen LogP contribution in [0.5, 0.6) is 0 Å². The van der Waals surface area contributed by atoms with Gasteiger partial charge >= 0.3 is 6.18 Å². The summed E-state index contributed by atoms with van der Waals surface area (Å²) in [7, 11) is 0. The highest BCUT2D eigenvalue weighted by atomic mass is 19.4. The molecule has 1 aliphatic heterocycles. The van der Waals surface area contributed by atoms with Gasteiger partial charge in [-0.15, -0.1) is 15.0 Å². The van der Waals surface area contributed by atoms with Crippen LogP contribution in [-0.2, 0) is 6.18 Å². The molecule has 1 saturated heterocycles. The van der Waals surface area contributed by atoms with Gasteiger partial charge in [0.1, 0.15) is 6.07 Å². The number of benzene rings is 1. The quantitative estimate of drug-likeness (QED) is 0.850. The third kappa shape index (κ3) is 3.44. The Labute approximate surface area is 143 Å². The van der Waals surface area contributed by atoms with Crippen LogP contribution in [0.4, 0.5) is 19.0 Å². The molecule has 0 bridgehead atoms. The summed E-state index contributed by atoms with van der Waals surface area (Å²) < 4.78 is 39.6. The Bertz CT molecular complexity index is 784. The lowest BCUT2D eigenvalue weighted by atomic mass is 10.2. The van der Waals surface area contributed by atoms with Crippen LogP contribution < -0.4 is 4.90 Å². The molecule has 0 N–H and O–H groups in total. The molecule has 1 fully saturated rings. The van der Waals surface area contributed by atoms with Crippen LogP contribution in [0.3, 0.4) is 0 Å². The van der Waals surface area contributed by atoms with Crippen molar-refractivity contribution in [3.63, 3.8) is 0 Å². The van der Waals surface area contributed by atoms with Gasteiger partial charge in [0.15, 0.2) is 5.82 Å². The van der Waals surface area contributed by atoms with Crippen molar-refractivity contribution in [2.24, 2.45) is 0 Å². The maximum absolute atomic E-state index is 13.2. The van der Waals surface area contributed by atoms with Gasteiger partial charge in [-0.3, -0.25) is 0 Å². The molecule has 1 aliphatic rings. The Balaban J connectivity index is 1.96. The highest BCUT2D eigenvalue weighted by Gasteiger charge is 2.35. The molecule has 0 saturated carbocycles. The summed E-state index contributed by atoms with van der Waals surface area (Å²) >= 11 is 0. The van der Waals surface area contributed by atoms with Crippen LogP contribution in [0.1, 0.15) is 18.2 Å². The van der Waals surface area contributed by atoms with E-state index in [2.05, 4.69) is 22.0 Å². The largest absolute Gasteiger partial charge is 0.418 e. The second-order valence-electron chi connectivity index (χ2n) is 5.71. The van der Waals surface area contributed by atoms with Gasteiger partial charge in [-0.2, -0.15) is 18.4 Å². The summed E-state index contributed by atoms with van der Waals surface area (Å²) in [5.74, 6) is 0.329. The molecule has 0 radical (unpaired) electrons. The Morgan fingerprint density at radius 3 is 2.40 bits per heavy atom. The lowest BCUT2D eigenvalue weighted by Gasteiger charge is -2.33. The molecule has 0 atom stereocenters. The van der Waals surface area contributed by atoms with E-state index >= 15 is 0 Å². The average Bonchev–Trinajstić information content (AvgIpc) is 3.05. The maximum atomic E-state index is 13.2. The average molecular weight is 350 g/mol. The number of rotatable bonds is 3. The third-order valence-corrected chi connectivity index (χ3v) is 4.25. The molecule has 0 unspecified atom stereocenters. The highest BCUT2D eigenvalue weighted by Crippen LogP contribution is 2.33. The van der Waals surface area contributed by atoms with Crippen LogP contribution in [-0.4, -0.2) is 52.6 Å². The van der Waals surface area contributed by atoms with Gasteiger partial charge in [-0.05, 0) is 18.7 Å². The van der Waals surface area contributed by atoms with Crippen LogP contribution >= 0.6 is 0 Å². The van der Waals surface area contributed by atoms with Crippen molar-refractivity contribution in [3.05, 3.63) is 35.5 Å². The second-order valence-corrected chi connectivity index (χ2v) is 5.71. The molecule has 9 heteroatoms. The molecule has 1 aromatic heterocycles. The Morgan fingerprint density at radius 2 is 1.80 bits per heavy atom. The fraction of sp³-hybridized carbons (Fsp3) is 0.438. The molecule has 2 aromatic rings. The second kappa shape index (κ2) is 6.72. The molecule has 6 nitrogen and oxygen atoms in total. The molecule has 3 rings (SSSR count). The summed E-state index contributed by atoms with van der Waals surface area (Å²) in [6.45, 7) is 5.94. The van der Waals surface area contributed by atoms with Crippen LogP contribution in [0.25, 0.3) is 5.69 Å². The molecule has 0 aliphatic carbocycles. The number of hydrogen-bond donors (Lipinski definition) is 0. The van der Waals surface area contributed by atoms with Crippen LogP contribution in [0.2, 0.25) is 0 Å². The number of likely N-dealkylation sites (N-methyl/N-ethyl adjacent to an activating group) is 1. The third-order valence-electron chi connectivity index (χ3n) is 4.25. The normalized spacial score (nSPS) is 16.0. The van der Waals surface area contributed by atoms with E-state index in [1.807, 2.05) is 11.0 Å². The van der Waals surface area contributed by atoms with Gasteiger partial charge in [-0.25, -0.2) is 0 Å². The van der Waals surface area contributed by atoms with E-state index in [9.17, 15) is 18.4 Å². The number of anilines is 1. The van der Waals surface area contributed by atoms with E-state index in [4.69, 9.17) is 0 Å². The number of nitrogens with zero attached hydrogens (tertiary/aromatic N) is 6. The predicted molar refractivity (Wildman–Crippen MR) is 85.4 cm³/mol. The van der Waals surface area contributed by atoms with Gasteiger partial charge in [0.25, 0.3) is 0 Å². The van der Waals surface area contributed by atoms with Crippen molar-refractivity contribution >= 4 is 5.82 Å². The Morgan fingerprint density at radius 1 is 1.12 bits per heavy atom. The van der Waals surface area contributed by atoms with Crippen LogP contribution in [0, 0.1) is 11.3 Å². The predicted octanol–water partition coefficient (Wildman–Crippen LogP) is 2.30. The first-order valence-electron chi connectivity index (χ1n) is 7.95. The topological polar surface area (TPSA) is 61.0 Å². The van der Waals surface area contributed by atoms with Crippen molar-refractivity contribution in [1.82, 2.24) is 19.9 Å². The van der Waals surface area contributed by atoms with Crippen molar-refractivity contribution in [2.75, 3.05) is 37.6 Å². The maximum Gasteiger partial charge on any atom is 0.418 e. The number of halogens is 3. The Kier molecular flexibility index (Phi) is 4.63. The van der Waals surface area contributed by atoms with Crippen molar-refractivity contribution < 1.29 is 13.2 Å². The standard InChI is InChI=1S/C16H17F3N6/c1-2-23-7-9-24(10-8-23)15-13(11-20)21-25(22-15)14-6-4-3-5-12(14)16(17,18)19/h3-6H,2,7-10H2,1H3. The number of alkyl halides is 3. The summed E-state index contributed by atoms with van der Waals surface area (Å²) in [6.07, 6.45) is -4.52. The monoisotopic (exact) mass is 350 g/mol. The summed E-state index contributed by atoms with van der Waals surface area (Å²) in [4.78, 5) is 5.05. The number of nitriles is 1. The van der Waals surface area contributed by atoms with E-state index in [0.717, 1.165) is 30.5 Å². The zero-order valence-corrected chi connectivity index (χ0v) is 13.7. The number of para-hydroxylation sites is 1. The molecular weight excluding hydrogens is 333 g/mol. The number of aromatic nitrogens is 3. The minimum absolute atomic E-state index is 0.0296. The molecule has 132 valence electrons. The van der Waals surface area contributed by atoms with Gasteiger partial charge in [0.05, 0.1) is 11.3 Å². The fourth-order valence-corrected chi connectivity index (χ4v) is 2.86. The van der Waals surface area contributed by atoms with E-state index in [1.165, 1.54) is 18.2 Å². The zero-order chi connectivity index (χ0) is 18.0. The molecule has 2 heterocycles. The first kappa shape index (κ1) is 17.2. The van der Waals surface area contributed by atoms with Crippen molar-refractivity contribution in [3.8, 4) is 11.8 Å². The van der Waals surface area contributed by atoms with Crippen LogP contribution in [0.15, 0.2) is 24.3 Å². The molecule has 1 aromatic carbocycles. The van der Waals surface area contributed by atoms with E-state index < -0.39 is 11.7 Å². The minimum Gasteiger partial charge on any atom is -0.350 e. The van der Waals surface area contributed by atoms with Gasteiger partial charge in [-0.1, -0.05) is 19.1 Å². The molecular formula is C16H17F3N6. The first-order valence-corrected chi connectivity index (χ1v) is 7.95. The Hall–Kier alpha value is -2.60. The lowest BCUT2D eigenvalue weighted by molar-refractivity contribution is -0.137. The number of piperazine rings is 1. The first-order chi connectivity index (χ1) is 11.9. The summed E-state index contributed by atoms with van der Waals surface area (Å²) in [5.41, 5.74) is -0.997. The molecule has 0 amide bonds. The smallest absolute Gasteiger partial charge is 0.350 e. The molecule has 25 heavy (non-hydrogen) atoms. The van der Waals surface area contributed by atoms with E-state index in [-0.39, 0.29) is 11.4 Å². The van der Waals surface area contributed by atoms with Gasteiger partial charge < -0.3 is 9.80 Å². The fourth-order valence-electron chi connectivity index (χ4n) is 2.86. The summed E-state index contributed by atoms with van der Waals surface area (Å²) in [6, 6.07) is 7.00. The highest BCUT2D eigenvalue weighted by molar-refractivity contribution is 5.51. The number of hydrogen-bond acceptors (Lipinski definition) is 5. The molecule has 0 spiro atoms. The van der Waals surface area contributed by atoms with Gasteiger partial charge in [0.2, 0.25) is 5.69 Å². The summed E-state index contributed by atoms with van der Waals surface area (Å²) in [5, 5.41) is 17.5. The zero-order valence-electron chi connectivity index (χ0n) is 13.7.